The molecule has 0 saturated heterocycles. The minimum Gasteiger partial charge on any atom is -0.326 e. The standard InChI is InChI=1S/C16H17NO/c1-13(14-8-4-2-5-9-14)12-16(18)17-15-10-6-3-7-11-15/h2-11,13H,12H2,1H3,(H,17,18). The Morgan fingerprint density at radius 1 is 1.00 bits per heavy atom. The highest BCUT2D eigenvalue weighted by Gasteiger charge is 2.10. The second kappa shape index (κ2) is 6.01. The fourth-order valence-corrected chi connectivity index (χ4v) is 1.91. The first-order valence-electron chi connectivity index (χ1n) is 6.15. The Morgan fingerprint density at radius 2 is 1.56 bits per heavy atom. The van der Waals surface area contributed by atoms with Crippen molar-refractivity contribution in [2.75, 3.05) is 5.32 Å². The zero-order chi connectivity index (χ0) is 12.8. The molecule has 1 atom stereocenters. The van der Waals surface area contributed by atoms with Crippen molar-refractivity contribution in [1.82, 2.24) is 0 Å². The van der Waals surface area contributed by atoms with Gasteiger partial charge in [0.25, 0.3) is 0 Å². The first kappa shape index (κ1) is 12.4. The average molecular weight is 239 g/mol. The fraction of sp³-hybridized carbons (Fsp3) is 0.188. The van der Waals surface area contributed by atoms with Crippen LogP contribution in [0.15, 0.2) is 60.7 Å². The van der Waals surface area contributed by atoms with Crippen LogP contribution in [0.3, 0.4) is 0 Å². The third kappa shape index (κ3) is 3.45. The zero-order valence-electron chi connectivity index (χ0n) is 10.5. The molecule has 0 aromatic heterocycles. The summed E-state index contributed by atoms with van der Waals surface area (Å²) in [5.41, 5.74) is 2.04. The number of nitrogens with one attached hydrogen (secondary N) is 1. The number of para-hydroxylation sites is 1. The van der Waals surface area contributed by atoms with Crippen molar-refractivity contribution in [3.8, 4) is 0 Å². The minimum absolute atomic E-state index is 0.0533. The number of carbonyl (C=O) groups excluding carboxylic acids is 1. The minimum atomic E-state index is 0.0533. The lowest BCUT2D eigenvalue weighted by molar-refractivity contribution is -0.116. The van der Waals surface area contributed by atoms with Crippen LogP contribution in [0.5, 0.6) is 0 Å². The Balaban J connectivity index is 1.92. The summed E-state index contributed by atoms with van der Waals surface area (Å²) >= 11 is 0. The van der Waals surface area contributed by atoms with Gasteiger partial charge in [0.1, 0.15) is 0 Å². The molecule has 0 aliphatic rings. The number of hydrogen-bond acceptors (Lipinski definition) is 1. The Morgan fingerprint density at radius 3 is 2.17 bits per heavy atom. The van der Waals surface area contributed by atoms with Crippen LogP contribution in [0.25, 0.3) is 0 Å². The van der Waals surface area contributed by atoms with Crippen LogP contribution in [-0.4, -0.2) is 5.91 Å². The van der Waals surface area contributed by atoms with Crippen LogP contribution < -0.4 is 5.32 Å². The van der Waals surface area contributed by atoms with Crippen molar-refractivity contribution < 1.29 is 4.79 Å². The van der Waals surface area contributed by atoms with Crippen molar-refractivity contribution >= 4 is 11.6 Å². The second-order valence-electron chi connectivity index (χ2n) is 4.43. The Kier molecular flexibility index (Phi) is 4.13. The van der Waals surface area contributed by atoms with Crippen LogP contribution in [0, 0.1) is 0 Å². The van der Waals surface area contributed by atoms with Gasteiger partial charge in [-0.15, -0.1) is 0 Å². The summed E-state index contributed by atoms with van der Waals surface area (Å²) in [6, 6.07) is 19.6. The molecular formula is C16H17NO. The number of anilines is 1. The molecule has 2 heteroatoms. The Labute approximate surface area is 108 Å². The van der Waals surface area contributed by atoms with Crippen LogP contribution in [0.4, 0.5) is 5.69 Å². The molecule has 2 aromatic rings. The number of rotatable bonds is 4. The molecule has 0 bridgehead atoms. The first-order chi connectivity index (χ1) is 8.75. The van der Waals surface area contributed by atoms with Gasteiger partial charge < -0.3 is 5.32 Å². The normalized spacial score (nSPS) is 11.8. The average Bonchev–Trinajstić information content (AvgIpc) is 2.40. The maximum Gasteiger partial charge on any atom is 0.224 e. The van der Waals surface area contributed by atoms with Crippen molar-refractivity contribution in [1.29, 1.82) is 0 Å². The Hall–Kier alpha value is -2.09. The topological polar surface area (TPSA) is 29.1 Å². The maximum absolute atomic E-state index is 11.9. The predicted molar refractivity (Wildman–Crippen MR) is 74.5 cm³/mol. The van der Waals surface area contributed by atoms with Crippen LogP contribution in [-0.2, 0) is 4.79 Å². The van der Waals surface area contributed by atoms with Gasteiger partial charge in [0.05, 0.1) is 0 Å². The maximum atomic E-state index is 11.9. The molecule has 0 saturated carbocycles. The van der Waals surface area contributed by atoms with Crippen LogP contribution in [0.2, 0.25) is 0 Å². The van der Waals surface area contributed by atoms with E-state index in [4.69, 9.17) is 0 Å². The molecular weight excluding hydrogens is 222 g/mol. The van der Waals surface area contributed by atoms with Crippen molar-refractivity contribution in [2.45, 2.75) is 19.3 Å². The quantitative estimate of drug-likeness (QED) is 0.863. The van der Waals surface area contributed by atoms with E-state index in [1.54, 1.807) is 0 Å². The number of carbonyl (C=O) groups is 1. The van der Waals surface area contributed by atoms with Gasteiger partial charge in [-0.3, -0.25) is 4.79 Å². The van der Waals surface area contributed by atoms with Gasteiger partial charge >= 0.3 is 0 Å². The van der Waals surface area contributed by atoms with Crippen LogP contribution in [0.1, 0.15) is 24.8 Å². The van der Waals surface area contributed by atoms with Crippen LogP contribution >= 0.6 is 0 Å². The van der Waals surface area contributed by atoms with Gasteiger partial charge in [0.2, 0.25) is 5.91 Å². The van der Waals surface area contributed by atoms with Gasteiger partial charge in [0, 0.05) is 12.1 Å². The number of benzene rings is 2. The van der Waals surface area contributed by atoms with Gasteiger partial charge in [-0.1, -0.05) is 55.5 Å². The largest absolute Gasteiger partial charge is 0.326 e. The third-order valence-corrected chi connectivity index (χ3v) is 2.92. The molecule has 1 N–H and O–H groups in total. The van der Waals surface area contributed by atoms with Gasteiger partial charge in [-0.05, 0) is 23.6 Å². The fourth-order valence-electron chi connectivity index (χ4n) is 1.91. The van der Waals surface area contributed by atoms with E-state index >= 15 is 0 Å². The molecule has 1 amide bonds. The number of hydrogen-bond donors (Lipinski definition) is 1. The highest BCUT2D eigenvalue weighted by atomic mass is 16.1. The molecule has 92 valence electrons. The summed E-state index contributed by atoms with van der Waals surface area (Å²) < 4.78 is 0. The molecule has 0 aliphatic heterocycles. The molecule has 1 unspecified atom stereocenters. The molecule has 18 heavy (non-hydrogen) atoms. The monoisotopic (exact) mass is 239 g/mol. The van der Waals surface area contributed by atoms with Gasteiger partial charge in [-0.25, -0.2) is 0 Å². The lowest BCUT2D eigenvalue weighted by Crippen LogP contribution is -2.14. The first-order valence-corrected chi connectivity index (χ1v) is 6.15. The molecule has 0 aliphatic carbocycles. The van der Waals surface area contributed by atoms with E-state index in [2.05, 4.69) is 24.4 Å². The van der Waals surface area contributed by atoms with E-state index in [1.807, 2.05) is 48.5 Å². The molecule has 0 fully saturated rings. The van der Waals surface area contributed by atoms with Gasteiger partial charge in [0.15, 0.2) is 0 Å². The smallest absolute Gasteiger partial charge is 0.224 e. The van der Waals surface area contributed by atoms with E-state index < -0.39 is 0 Å². The summed E-state index contributed by atoms with van der Waals surface area (Å²) in [6.45, 7) is 2.07. The third-order valence-electron chi connectivity index (χ3n) is 2.92. The summed E-state index contributed by atoms with van der Waals surface area (Å²) in [7, 11) is 0. The highest BCUT2D eigenvalue weighted by Crippen LogP contribution is 2.19. The summed E-state index contributed by atoms with van der Waals surface area (Å²) in [5.74, 6) is 0.285. The highest BCUT2D eigenvalue weighted by molar-refractivity contribution is 5.91. The van der Waals surface area contributed by atoms with E-state index in [0.717, 1.165) is 5.69 Å². The van der Waals surface area contributed by atoms with Crippen molar-refractivity contribution in [3.05, 3.63) is 66.2 Å². The summed E-state index contributed by atoms with van der Waals surface area (Å²) in [4.78, 5) is 11.9. The molecule has 0 spiro atoms. The molecule has 0 radical (unpaired) electrons. The molecule has 0 heterocycles. The summed E-state index contributed by atoms with van der Waals surface area (Å²) in [5, 5.41) is 2.90. The van der Waals surface area contributed by atoms with Gasteiger partial charge in [-0.2, -0.15) is 0 Å². The van der Waals surface area contributed by atoms with Crippen molar-refractivity contribution in [2.24, 2.45) is 0 Å². The molecule has 2 rings (SSSR count). The second-order valence-corrected chi connectivity index (χ2v) is 4.43. The summed E-state index contributed by atoms with van der Waals surface area (Å²) in [6.07, 6.45) is 0.499. The SMILES string of the molecule is CC(CC(=O)Nc1ccccc1)c1ccccc1. The Bertz CT molecular complexity index is 493. The van der Waals surface area contributed by atoms with E-state index in [-0.39, 0.29) is 11.8 Å². The molecule has 2 nitrogen and oxygen atoms in total. The predicted octanol–water partition coefficient (Wildman–Crippen LogP) is 3.82. The van der Waals surface area contributed by atoms with Crippen molar-refractivity contribution in [3.63, 3.8) is 0 Å². The zero-order valence-corrected chi connectivity index (χ0v) is 10.5. The van der Waals surface area contributed by atoms with E-state index in [9.17, 15) is 4.79 Å². The lowest BCUT2D eigenvalue weighted by Gasteiger charge is -2.11. The van der Waals surface area contributed by atoms with E-state index in [0.29, 0.717) is 6.42 Å². The lowest BCUT2D eigenvalue weighted by atomic mass is 9.97. The number of amides is 1. The molecule has 2 aromatic carbocycles. The van der Waals surface area contributed by atoms with E-state index in [1.165, 1.54) is 5.56 Å².